The molecule has 0 aliphatic carbocycles. The van der Waals surface area contributed by atoms with Crippen LogP contribution in [0, 0.1) is 6.92 Å². The van der Waals surface area contributed by atoms with Gasteiger partial charge in [-0.2, -0.15) is 0 Å². The van der Waals surface area contributed by atoms with E-state index in [0.29, 0.717) is 0 Å². The molecule has 0 fully saturated rings. The molecule has 90 valence electrons. The van der Waals surface area contributed by atoms with E-state index in [1.54, 1.807) is 0 Å². The highest BCUT2D eigenvalue weighted by Crippen LogP contribution is 2.11. The predicted octanol–water partition coefficient (Wildman–Crippen LogP) is 3.05. The standard InChI is InChI=1S/C15H15N3/c1-11-7-9-13-15(16-11)18-14(17-13)10-8-12-5-3-2-4-6-12/h2-7,9H,8,10H2,1H3,(H,16,17,18). The van der Waals surface area contributed by atoms with Crippen LogP contribution < -0.4 is 0 Å². The lowest BCUT2D eigenvalue weighted by molar-refractivity contribution is 0.889. The van der Waals surface area contributed by atoms with E-state index < -0.39 is 0 Å². The first-order valence-corrected chi connectivity index (χ1v) is 6.17. The van der Waals surface area contributed by atoms with Gasteiger partial charge in [-0.25, -0.2) is 9.97 Å². The third kappa shape index (κ3) is 2.25. The maximum absolute atomic E-state index is 4.52. The zero-order valence-corrected chi connectivity index (χ0v) is 10.4. The second kappa shape index (κ2) is 4.61. The molecule has 0 aliphatic rings. The van der Waals surface area contributed by atoms with Crippen LogP contribution in [0.1, 0.15) is 17.1 Å². The largest absolute Gasteiger partial charge is 0.341 e. The summed E-state index contributed by atoms with van der Waals surface area (Å²) in [6.07, 6.45) is 1.92. The highest BCUT2D eigenvalue weighted by molar-refractivity contribution is 5.70. The Bertz CT molecular complexity index is 656. The van der Waals surface area contributed by atoms with Crippen LogP contribution in [-0.4, -0.2) is 15.0 Å². The van der Waals surface area contributed by atoms with Crippen molar-refractivity contribution in [3.05, 3.63) is 59.5 Å². The summed E-state index contributed by atoms with van der Waals surface area (Å²) >= 11 is 0. The monoisotopic (exact) mass is 237 g/mol. The van der Waals surface area contributed by atoms with Crippen molar-refractivity contribution < 1.29 is 0 Å². The van der Waals surface area contributed by atoms with Gasteiger partial charge in [0.25, 0.3) is 0 Å². The van der Waals surface area contributed by atoms with E-state index in [-0.39, 0.29) is 0 Å². The van der Waals surface area contributed by atoms with Crippen molar-refractivity contribution in [2.45, 2.75) is 19.8 Å². The second-order valence-corrected chi connectivity index (χ2v) is 4.49. The molecule has 0 atom stereocenters. The molecule has 3 aromatic rings. The highest BCUT2D eigenvalue weighted by atomic mass is 15.0. The maximum Gasteiger partial charge on any atom is 0.177 e. The van der Waals surface area contributed by atoms with Gasteiger partial charge in [0.05, 0.1) is 5.52 Å². The zero-order chi connectivity index (χ0) is 12.4. The second-order valence-electron chi connectivity index (χ2n) is 4.49. The molecule has 1 N–H and O–H groups in total. The normalized spacial score (nSPS) is 10.9. The van der Waals surface area contributed by atoms with Gasteiger partial charge in [-0.3, -0.25) is 0 Å². The fourth-order valence-electron chi connectivity index (χ4n) is 2.06. The van der Waals surface area contributed by atoms with Gasteiger partial charge < -0.3 is 4.98 Å². The van der Waals surface area contributed by atoms with Crippen LogP contribution in [0.3, 0.4) is 0 Å². The highest BCUT2D eigenvalue weighted by Gasteiger charge is 2.04. The van der Waals surface area contributed by atoms with Gasteiger partial charge in [-0.1, -0.05) is 30.3 Å². The minimum absolute atomic E-state index is 0.818. The molecule has 0 radical (unpaired) electrons. The van der Waals surface area contributed by atoms with Crippen molar-refractivity contribution in [3.8, 4) is 0 Å². The van der Waals surface area contributed by atoms with Crippen molar-refractivity contribution in [2.75, 3.05) is 0 Å². The first-order chi connectivity index (χ1) is 8.81. The van der Waals surface area contributed by atoms with Crippen LogP contribution >= 0.6 is 0 Å². The summed E-state index contributed by atoms with van der Waals surface area (Å²) in [5.74, 6) is 1.01. The van der Waals surface area contributed by atoms with Gasteiger partial charge in [0, 0.05) is 12.1 Å². The van der Waals surface area contributed by atoms with Crippen LogP contribution in [0.2, 0.25) is 0 Å². The fourth-order valence-corrected chi connectivity index (χ4v) is 2.06. The van der Waals surface area contributed by atoms with E-state index in [0.717, 1.165) is 35.5 Å². The van der Waals surface area contributed by atoms with Crippen molar-refractivity contribution >= 4 is 11.2 Å². The summed E-state index contributed by atoms with van der Waals surface area (Å²) in [6, 6.07) is 14.5. The van der Waals surface area contributed by atoms with Gasteiger partial charge in [0.1, 0.15) is 5.82 Å². The lowest BCUT2D eigenvalue weighted by atomic mass is 10.1. The molecule has 0 saturated heterocycles. The van der Waals surface area contributed by atoms with Crippen LogP contribution in [-0.2, 0) is 12.8 Å². The Morgan fingerprint density at radius 1 is 0.944 bits per heavy atom. The maximum atomic E-state index is 4.52. The van der Waals surface area contributed by atoms with Gasteiger partial charge in [0.2, 0.25) is 0 Å². The molecule has 0 aliphatic heterocycles. The Labute approximate surface area is 106 Å². The SMILES string of the molecule is Cc1ccc2[nH]c(CCc3ccccc3)nc2n1. The minimum Gasteiger partial charge on any atom is -0.341 e. The number of nitrogens with zero attached hydrogens (tertiary/aromatic N) is 2. The Morgan fingerprint density at radius 2 is 1.78 bits per heavy atom. The van der Waals surface area contributed by atoms with Gasteiger partial charge in [-0.15, -0.1) is 0 Å². The summed E-state index contributed by atoms with van der Waals surface area (Å²) in [5, 5.41) is 0. The number of fused-ring (bicyclic) bond motifs is 1. The third-order valence-electron chi connectivity index (χ3n) is 3.03. The molecule has 18 heavy (non-hydrogen) atoms. The number of hydrogen-bond donors (Lipinski definition) is 1. The average Bonchev–Trinajstić information content (AvgIpc) is 2.79. The number of nitrogens with one attached hydrogen (secondary N) is 1. The molecular formula is C15H15N3. The molecule has 0 bridgehead atoms. The molecule has 1 aromatic carbocycles. The number of imidazole rings is 1. The Kier molecular flexibility index (Phi) is 2.81. The summed E-state index contributed by atoms with van der Waals surface area (Å²) < 4.78 is 0. The van der Waals surface area contributed by atoms with E-state index in [4.69, 9.17) is 0 Å². The molecule has 3 nitrogen and oxygen atoms in total. The van der Waals surface area contributed by atoms with Crippen molar-refractivity contribution in [2.24, 2.45) is 0 Å². The number of H-pyrrole nitrogens is 1. The van der Waals surface area contributed by atoms with Crippen LogP contribution in [0.25, 0.3) is 11.2 Å². The summed E-state index contributed by atoms with van der Waals surface area (Å²) in [7, 11) is 0. The number of pyridine rings is 1. The summed E-state index contributed by atoms with van der Waals surface area (Å²) in [6.45, 7) is 1.98. The van der Waals surface area contributed by atoms with Gasteiger partial charge >= 0.3 is 0 Å². The zero-order valence-electron chi connectivity index (χ0n) is 10.4. The van der Waals surface area contributed by atoms with Gasteiger partial charge in [0.15, 0.2) is 5.65 Å². The predicted molar refractivity (Wildman–Crippen MR) is 72.5 cm³/mol. The molecule has 0 saturated carbocycles. The molecule has 0 amide bonds. The van der Waals surface area contributed by atoms with E-state index >= 15 is 0 Å². The lowest BCUT2D eigenvalue weighted by Crippen LogP contribution is -1.92. The molecule has 0 spiro atoms. The molecule has 3 heteroatoms. The van der Waals surface area contributed by atoms with E-state index in [9.17, 15) is 0 Å². The third-order valence-corrected chi connectivity index (χ3v) is 3.03. The number of hydrogen-bond acceptors (Lipinski definition) is 2. The van der Waals surface area contributed by atoms with Crippen molar-refractivity contribution in [1.29, 1.82) is 0 Å². The van der Waals surface area contributed by atoms with E-state index in [2.05, 4.69) is 39.2 Å². The minimum atomic E-state index is 0.818. The van der Waals surface area contributed by atoms with Gasteiger partial charge in [-0.05, 0) is 31.0 Å². The number of aryl methyl sites for hydroxylation is 3. The van der Waals surface area contributed by atoms with Crippen LogP contribution in [0.15, 0.2) is 42.5 Å². The fraction of sp³-hybridized carbons (Fsp3) is 0.200. The average molecular weight is 237 g/mol. The molecule has 2 heterocycles. The Morgan fingerprint density at radius 3 is 2.61 bits per heavy atom. The number of rotatable bonds is 3. The van der Waals surface area contributed by atoms with E-state index in [1.165, 1.54) is 5.56 Å². The molecular weight excluding hydrogens is 222 g/mol. The molecule has 3 rings (SSSR count). The van der Waals surface area contributed by atoms with Crippen LogP contribution in [0.5, 0.6) is 0 Å². The van der Waals surface area contributed by atoms with Crippen LogP contribution in [0.4, 0.5) is 0 Å². The summed E-state index contributed by atoms with van der Waals surface area (Å²) in [4.78, 5) is 12.3. The van der Waals surface area contributed by atoms with Crippen molar-refractivity contribution in [3.63, 3.8) is 0 Å². The topological polar surface area (TPSA) is 41.6 Å². The number of aromatic amines is 1. The summed E-state index contributed by atoms with van der Waals surface area (Å²) in [5.41, 5.74) is 4.17. The molecule has 0 unspecified atom stereocenters. The number of benzene rings is 1. The quantitative estimate of drug-likeness (QED) is 0.760. The smallest absolute Gasteiger partial charge is 0.177 e. The first-order valence-electron chi connectivity index (χ1n) is 6.17. The number of aromatic nitrogens is 3. The Hall–Kier alpha value is -2.16. The lowest BCUT2D eigenvalue weighted by Gasteiger charge is -1.97. The van der Waals surface area contributed by atoms with E-state index in [1.807, 2.05) is 25.1 Å². The molecule has 2 aromatic heterocycles. The van der Waals surface area contributed by atoms with Crippen molar-refractivity contribution in [1.82, 2.24) is 15.0 Å². The first kappa shape index (κ1) is 11.0. The Balaban J connectivity index is 1.79.